The number of ether oxygens (including phenoxy) is 1. The third kappa shape index (κ3) is 3.87. The van der Waals surface area contributed by atoms with Crippen molar-refractivity contribution in [1.82, 2.24) is 9.97 Å². The first-order valence-electron chi connectivity index (χ1n) is 5.93. The maximum atomic E-state index is 11.2. The molecule has 100 valence electrons. The normalized spacial score (nSPS) is 10.2. The molecule has 1 heterocycles. The number of nitrogens with one attached hydrogen (secondary N) is 1. The highest BCUT2D eigenvalue weighted by Crippen LogP contribution is 2.25. The van der Waals surface area contributed by atoms with Gasteiger partial charge in [-0.15, -0.1) is 0 Å². The maximum Gasteiger partial charge on any atom is 0.316 e. The van der Waals surface area contributed by atoms with Crippen LogP contribution in [-0.2, 0) is 16.0 Å². The molecule has 1 aromatic heterocycles. The summed E-state index contributed by atoms with van der Waals surface area (Å²) in [6.45, 7) is 6.79. The highest BCUT2D eigenvalue weighted by molar-refractivity contribution is 7.99. The number of carbonyl (C=O) groups excluding carboxylic acids is 1. The standard InChI is InChI=1S/C12H19N3O2S/c1-5-9-14-11(13-6-2)8(3)12(15-9)18-7-10(16)17-4/h5-7H2,1-4H3,(H,13,14,15). The molecule has 0 unspecified atom stereocenters. The van der Waals surface area contributed by atoms with Crippen LogP contribution in [0, 0.1) is 6.92 Å². The fourth-order valence-electron chi connectivity index (χ4n) is 1.36. The zero-order valence-electron chi connectivity index (χ0n) is 11.2. The van der Waals surface area contributed by atoms with Crippen molar-refractivity contribution in [3.8, 4) is 0 Å². The van der Waals surface area contributed by atoms with Crippen molar-refractivity contribution in [2.75, 3.05) is 24.7 Å². The molecule has 0 fully saturated rings. The van der Waals surface area contributed by atoms with Crippen molar-refractivity contribution in [1.29, 1.82) is 0 Å². The van der Waals surface area contributed by atoms with E-state index < -0.39 is 0 Å². The lowest BCUT2D eigenvalue weighted by atomic mass is 10.3. The topological polar surface area (TPSA) is 64.1 Å². The second-order valence-electron chi connectivity index (χ2n) is 3.67. The fraction of sp³-hybridized carbons (Fsp3) is 0.583. The summed E-state index contributed by atoms with van der Waals surface area (Å²) in [5.41, 5.74) is 0.975. The Balaban J connectivity index is 2.94. The van der Waals surface area contributed by atoms with Gasteiger partial charge in [0.15, 0.2) is 0 Å². The average molecular weight is 269 g/mol. The van der Waals surface area contributed by atoms with E-state index in [1.165, 1.54) is 18.9 Å². The molecular weight excluding hydrogens is 250 g/mol. The molecule has 0 bridgehead atoms. The lowest BCUT2D eigenvalue weighted by molar-refractivity contribution is -0.137. The Kier molecular flexibility index (Phi) is 5.91. The monoisotopic (exact) mass is 269 g/mol. The van der Waals surface area contributed by atoms with Crippen LogP contribution in [0.4, 0.5) is 5.82 Å². The number of carbonyl (C=O) groups is 1. The summed E-state index contributed by atoms with van der Waals surface area (Å²) < 4.78 is 4.63. The van der Waals surface area contributed by atoms with Crippen molar-refractivity contribution < 1.29 is 9.53 Å². The molecule has 0 aliphatic heterocycles. The Bertz CT molecular complexity index is 424. The molecule has 0 aliphatic rings. The van der Waals surface area contributed by atoms with Gasteiger partial charge in [-0.05, 0) is 13.8 Å². The number of anilines is 1. The van der Waals surface area contributed by atoms with Crippen molar-refractivity contribution in [3.63, 3.8) is 0 Å². The van der Waals surface area contributed by atoms with Crippen LogP contribution < -0.4 is 5.32 Å². The van der Waals surface area contributed by atoms with Gasteiger partial charge in [0.05, 0.1) is 12.9 Å². The van der Waals surface area contributed by atoms with E-state index in [-0.39, 0.29) is 11.7 Å². The number of hydrogen-bond donors (Lipinski definition) is 1. The van der Waals surface area contributed by atoms with E-state index in [2.05, 4.69) is 20.0 Å². The number of rotatable bonds is 6. The largest absolute Gasteiger partial charge is 0.468 e. The zero-order valence-corrected chi connectivity index (χ0v) is 12.1. The minimum atomic E-state index is -0.249. The van der Waals surface area contributed by atoms with Crippen LogP contribution in [0.15, 0.2) is 5.03 Å². The molecule has 1 N–H and O–H groups in total. The summed E-state index contributed by atoms with van der Waals surface area (Å²) in [4.78, 5) is 20.0. The van der Waals surface area contributed by atoms with Crippen LogP contribution in [0.1, 0.15) is 25.2 Å². The third-order valence-corrected chi connectivity index (χ3v) is 3.41. The predicted molar refractivity (Wildman–Crippen MR) is 73.1 cm³/mol. The van der Waals surface area contributed by atoms with Gasteiger partial charge in [-0.1, -0.05) is 18.7 Å². The van der Waals surface area contributed by atoms with Gasteiger partial charge in [0.25, 0.3) is 0 Å². The van der Waals surface area contributed by atoms with Gasteiger partial charge in [0, 0.05) is 18.5 Å². The second kappa shape index (κ2) is 7.20. The number of aromatic nitrogens is 2. The number of thioether (sulfide) groups is 1. The summed E-state index contributed by atoms with van der Waals surface area (Å²) in [6.07, 6.45) is 0.768. The molecule has 0 atom stereocenters. The number of aryl methyl sites for hydroxylation is 1. The fourth-order valence-corrected chi connectivity index (χ4v) is 2.22. The van der Waals surface area contributed by atoms with E-state index in [1.54, 1.807) is 0 Å². The van der Waals surface area contributed by atoms with Crippen molar-refractivity contribution in [2.45, 2.75) is 32.2 Å². The van der Waals surface area contributed by atoms with Crippen LogP contribution >= 0.6 is 11.8 Å². The quantitative estimate of drug-likeness (QED) is 0.484. The molecule has 1 rings (SSSR count). The number of nitrogens with zero attached hydrogens (tertiary/aromatic N) is 2. The highest BCUT2D eigenvalue weighted by Gasteiger charge is 2.12. The smallest absolute Gasteiger partial charge is 0.316 e. The van der Waals surface area contributed by atoms with Gasteiger partial charge in [-0.2, -0.15) is 0 Å². The van der Waals surface area contributed by atoms with Gasteiger partial charge in [0.2, 0.25) is 0 Å². The number of methoxy groups -OCH3 is 1. The lowest BCUT2D eigenvalue weighted by Crippen LogP contribution is -2.09. The molecule has 18 heavy (non-hydrogen) atoms. The van der Waals surface area contributed by atoms with Gasteiger partial charge in [-0.3, -0.25) is 4.79 Å². The molecular formula is C12H19N3O2S. The van der Waals surface area contributed by atoms with Crippen LogP contribution in [0.25, 0.3) is 0 Å². The van der Waals surface area contributed by atoms with E-state index in [1.807, 2.05) is 20.8 Å². The Morgan fingerprint density at radius 3 is 2.67 bits per heavy atom. The Labute approximate surface area is 112 Å². The van der Waals surface area contributed by atoms with Crippen molar-refractivity contribution in [2.24, 2.45) is 0 Å². The van der Waals surface area contributed by atoms with E-state index in [0.717, 1.165) is 35.2 Å². The van der Waals surface area contributed by atoms with Crippen molar-refractivity contribution >= 4 is 23.5 Å². The molecule has 0 spiro atoms. The van der Waals surface area contributed by atoms with Crippen LogP contribution in [-0.4, -0.2) is 35.3 Å². The molecule has 0 radical (unpaired) electrons. The first kappa shape index (κ1) is 14.8. The van der Waals surface area contributed by atoms with Gasteiger partial charge >= 0.3 is 5.97 Å². The van der Waals surface area contributed by atoms with Crippen LogP contribution in [0.5, 0.6) is 0 Å². The van der Waals surface area contributed by atoms with E-state index in [9.17, 15) is 4.79 Å². The second-order valence-corrected chi connectivity index (χ2v) is 4.63. The van der Waals surface area contributed by atoms with Gasteiger partial charge < -0.3 is 10.1 Å². The summed E-state index contributed by atoms with van der Waals surface area (Å²) in [6, 6.07) is 0. The number of hydrogen-bond acceptors (Lipinski definition) is 6. The first-order valence-corrected chi connectivity index (χ1v) is 6.91. The average Bonchev–Trinajstić information content (AvgIpc) is 2.39. The Morgan fingerprint density at radius 2 is 2.11 bits per heavy atom. The molecule has 0 amide bonds. The molecule has 0 aromatic carbocycles. The summed E-state index contributed by atoms with van der Waals surface area (Å²) in [7, 11) is 1.39. The summed E-state index contributed by atoms with van der Waals surface area (Å²) in [5, 5.41) is 4.05. The van der Waals surface area contributed by atoms with Crippen LogP contribution in [0.2, 0.25) is 0 Å². The minimum absolute atomic E-state index is 0.249. The summed E-state index contributed by atoms with van der Waals surface area (Å²) >= 11 is 1.38. The van der Waals surface area contributed by atoms with E-state index in [4.69, 9.17) is 0 Å². The highest BCUT2D eigenvalue weighted by atomic mass is 32.2. The molecule has 0 saturated carbocycles. The van der Waals surface area contributed by atoms with Crippen molar-refractivity contribution in [3.05, 3.63) is 11.4 Å². The molecule has 0 aliphatic carbocycles. The number of esters is 1. The summed E-state index contributed by atoms with van der Waals surface area (Å²) in [5.74, 6) is 1.64. The van der Waals surface area contributed by atoms with Gasteiger partial charge in [0.1, 0.15) is 16.7 Å². The molecule has 5 nitrogen and oxygen atoms in total. The van der Waals surface area contributed by atoms with E-state index >= 15 is 0 Å². The molecule has 1 aromatic rings. The van der Waals surface area contributed by atoms with E-state index in [0.29, 0.717) is 0 Å². The predicted octanol–water partition coefficient (Wildman–Crippen LogP) is 2.04. The zero-order chi connectivity index (χ0) is 13.5. The Morgan fingerprint density at radius 1 is 1.39 bits per heavy atom. The third-order valence-electron chi connectivity index (χ3n) is 2.36. The molecule has 6 heteroatoms. The minimum Gasteiger partial charge on any atom is -0.468 e. The Hall–Kier alpha value is -1.30. The first-order chi connectivity index (χ1) is 8.62. The van der Waals surface area contributed by atoms with Gasteiger partial charge in [-0.25, -0.2) is 9.97 Å². The SMILES string of the molecule is CCNc1nc(CC)nc(SCC(=O)OC)c1C. The maximum absolute atomic E-state index is 11.2. The molecule has 0 saturated heterocycles. The van der Waals surface area contributed by atoms with Crippen LogP contribution in [0.3, 0.4) is 0 Å². The lowest BCUT2D eigenvalue weighted by Gasteiger charge is -2.11.